The van der Waals surface area contributed by atoms with Gasteiger partial charge >= 0.3 is 0 Å². The van der Waals surface area contributed by atoms with Gasteiger partial charge in [-0.1, -0.05) is 6.07 Å². The predicted molar refractivity (Wildman–Crippen MR) is 96.3 cm³/mol. The largest absolute Gasteiger partial charge is 0.489 e. The van der Waals surface area contributed by atoms with Crippen LogP contribution in [0.3, 0.4) is 0 Å². The lowest BCUT2D eigenvalue weighted by Gasteiger charge is -2.29. The smallest absolute Gasteiger partial charge is 0.227 e. The molecule has 1 saturated heterocycles. The number of amides is 1. The Morgan fingerprint density at radius 2 is 1.96 bits per heavy atom. The standard InChI is InChI=1S/C17H26N2O5S/c1-13-4-5-15(16(12-13)24-11-10-23-2)18-17(20)14-6-8-19(9-7-14)25(3,21)22/h4-5,12,14H,6-11H2,1-3H3,(H,18,20). The molecule has 1 heterocycles. The van der Waals surface area contributed by atoms with E-state index in [1.165, 1.54) is 10.6 Å². The number of hydrogen-bond acceptors (Lipinski definition) is 5. The lowest BCUT2D eigenvalue weighted by Crippen LogP contribution is -2.40. The summed E-state index contributed by atoms with van der Waals surface area (Å²) in [7, 11) is -1.59. The van der Waals surface area contributed by atoms with E-state index in [4.69, 9.17) is 9.47 Å². The van der Waals surface area contributed by atoms with Gasteiger partial charge in [0.2, 0.25) is 15.9 Å². The van der Waals surface area contributed by atoms with Crippen LogP contribution < -0.4 is 10.1 Å². The van der Waals surface area contributed by atoms with Gasteiger partial charge in [-0.2, -0.15) is 0 Å². The van der Waals surface area contributed by atoms with Gasteiger partial charge in [-0.3, -0.25) is 4.79 Å². The van der Waals surface area contributed by atoms with Crippen molar-refractivity contribution in [1.29, 1.82) is 0 Å². The van der Waals surface area contributed by atoms with Gasteiger partial charge in [0.25, 0.3) is 0 Å². The molecule has 0 unspecified atom stereocenters. The Bertz CT molecular complexity index is 697. The van der Waals surface area contributed by atoms with E-state index in [1.54, 1.807) is 7.11 Å². The molecule has 1 aromatic carbocycles. The number of anilines is 1. The normalized spacial score (nSPS) is 16.6. The van der Waals surface area contributed by atoms with Crippen LogP contribution in [0.4, 0.5) is 5.69 Å². The Morgan fingerprint density at radius 3 is 2.56 bits per heavy atom. The molecular weight excluding hydrogens is 344 g/mol. The Morgan fingerprint density at radius 1 is 1.28 bits per heavy atom. The molecule has 1 aromatic rings. The van der Waals surface area contributed by atoms with Crippen molar-refractivity contribution in [1.82, 2.24) is 4.31 Å². The minimum atomic E-state index is -3.19. The first kappa shape index (κ1) is 19.7. The van der Waals surface area contributed by atoms with Gasteiger partial charge in [0.05, 0.1) is 18.6 Å². The highest BCUT2D eigenvalue weighted by atomic mass is 32.2. The van der Waals surface area contributed by atoms with E-state index in [9.17, 15) is 13.2 Å². The van der Waals surface area contributed by atoms with Crippen LogP contribution in [0.2, 0.25) is 0 Å². The first-order valence-electron chi connectivity index (χ1n) is 8.29. The third-order valence-electron chi connectivity index (χ3n) is 4.23. The number of nitrogens with one attached hydrogen (secondary N) is 1. The van der Waals surface area contributed by atoms with Gasteiger partial charge in [0.15, 0.2) is 0 Å². The summed E-state index contributed by atoms with van der Waals surface area (Å²) in [6.07, 6.45) is 2.23. The van der Waals surface area contributed by atoms with E-state index >= 15 is 0 Å². The number of ether oxygens (including phenoxy) is 2. The molecule has 0 saturated carbocycles. The highest BCUT2D eigenvalue weighted by Gasteiger charge is 2.29. The second-order valence-corrected chi connectivity index (χ2v) is 8.25. The van der Waals surface area contributed by atoms with E-state index in [0.29, 0.717) is 50.6 Å². The summed E-state index contributed by atoms with van der Waals surface area (Å²) in [4.78, 5) is 12.5. The first-order valence-corrected chi connectivity index (χ1v) is 10.1. The van der Waals surface area contributed by atoms with Crippen LogP contribution >= 0.6 is 0 Å². The zero-order valence-corrected chi connectivity index (χ0v) is 15.8. The zero-order chi connectivity index (χ0) is 18.4. The number of carbonyl (C=O) groups is 1. The lowest BCUT2D eigenvalue weighted by atomic mass is 9.97. The minimum absolute atomic E-state index is 0.103. The quantitative estimate of drug-likeness (QED) is 0.738. The second-order valence-electron chi connectivity index (χ2n) is 6.27. The fourth-order valence-corrected chi connectivity index (χ4v) is 3.65. The van der Waals surface area contributed by atoms with E-state index in [-0.39, 0.29) is 11.8 Å². The van der Waals surface area contributed by atoms with Crippen molar-refractivity contribution in [3.8, 4) is 5.75 Å². The van der Waals surface area contributed by atoms with E-state index in [2.05, 4.69) is 5.32 Å². The number of methoxy groups -OCH3 is 1. The highest BCUT2D eigenvalue weighted by molar-refractivity contribution is 7.88. The summed E-state index contributed by atoms with van der Waals surface area (Å²) < 4.78 is 35.2. The van der Waals surface area contributed by atoms with Crippen LogP contribution in [-0.2, 0) is 19.6 Å². The molecule has 0 atom stereocenters. The molecule has 2 rings (SSSR count). The number of nitrogens with zero attached hydrogens (tertiary/aromatic N) is 1. The van der Waals surface area contributed by atoms with Gasteiger partial charge < -0.3 is 14.8 Å². The molecule has 0 spiro atoms. The number of rotatable bonds is 7. The average Bonchev–Trinajstić information content (AvgIpc) is 2.56. The van der Waals surface area contributed by atoms with Crippen molar-refractivity contribution in [2.45, 2.75) is 19.8 Å². The maximum atomic E-state index is 12.5. The van der Waals surface area contributed by atoms with Gasteiger partial charge in [0, 0.05) is 26.1 Å². The third-order valence-corrected chi connectivity index (χ3v) is 5.54. The van der Waals surface area contributed by atoms with E-state index in [1.807, 2.05) is 25.1 Å². The number of aryl methyl sites for hydroxylation is 1. The Kier molecular flexibility index (Phi) is 6.80. The molecule has 1 fully saturated rings. The highest BCUT2D eigenvalue weighted by Crippen LogP contribution is 2.28. The van der Waals surface area contributed by atoms with Crippen molar-refractivity contribution in [2.24, 2.45) is 5.92 Å². The SMILES string of the molecule is COCCOc1cc(C)ccc1NC(=O)C1CCN(S(C)(=O)=O)CC1. The Labute approximate surface area is 149 Å². The van der Waals surface area contributed by atoms with Crippen LogP contribution in [0.15, 0.2) is 18.2 Å². The van der Waals surface area contributed by atoms with Crippen molar-refractivity contribution in [3.05, 3.63) is 23.8 Å². The summed E-state index contributed by atoms with van der Waals surface area (Å²) in [5.74, 6) is 0.304. The number of carbonyl (C=O) groups excluding carboxylic acids is 1. The lowest BCUT2D eigenvalue weighted by molar-refractivity contribution is -0.120. The number of benzene rings is 1. The summed E-state index contributed by atoms with van der Waals surface area (Å²) in [5, 5.41) is 2.92. The topological polar surface area (TPSA) is 84.9 Å². The molecule has 25 heavy (non-hydrogen) atoms. The summed E-state index contributed by atoms with van der Waals surface area (Å²) >= 11 is 0. The van der Waals surface area contributed by atoms with Crippen LogP contribution in [-0.4, -0.2) is 58.3 Å². The molecular formula is C17H26N2O5S. The molecule has 8 heteroatoms. The maximum absolute atomic E-state index is 12.5. The minimum Gasteiger partial charge on any atom is -0.489 e. The molecule has 0 aliphatic carbocycles. The Hall–Kier alpha value is -1.64. The number of piperidine rings is 1. The summed E-state index contributed by atoms with van der Waals surface area (Å²) in [6.45, 7) is 3.57. The van der Waals surface area contributed by atoms with E-state index < -0.39 is 10.0 Å². The molecule has 1 amide bonds. The van der Waals surface area contributed by atoms with Crippen molar-refractivity contribution in [2.75, 3.05) is 45.0 Å². The predicted octanol–water partition coefficient (Wildman–Crippen LogP) is 1.63. The molecule has 7 nitrogen and oxygen atoms in total. The summed E-state index contributed by atoms with van der Waals surface area (Å²) in [6, 6.07) is 5.60. The number of hydrogen-bond donors (Lipinski definition) is 1. The second kappa shape index (κ2) is 8.64. The van der Waals surface area contributed by atoms with E-state index in [0.717, 1.165) is 5.56 Å². The van der Waals surface area contributed by atoms with Gasteiger partial charge in [0.1, 0.15) is 12.4 Å². The van der Waals surface area contributed by atoms with Crippen LogP contribution in [0.1, 0.15) is 18.4 Å². The van der Waals surface area contributed by atoms with Crippen molar-refractivity contribution in [3.63, 3.8) is 0 Å². The maximum Gasteiger partial charge on any atom is 0.227 e. The van der Waals surface area contributed by atoms with Gasteiger partial charge in [-0.25, -0.2) is 12.7 Å². The van der Waals surface area contributed by atoms with Crippen molar-refractivity contribution < 1.29 is 22.7 Å². The Balaban J connectivity index is 1.98. The fraction of sp³-hybridized carbons (Fsp3) is 0.588. The molecule has 0 radical (unpaired) electrons. The fourth-order valence-electron chi connectivity index (χ4n) is 2.77. The monoisotopic (exact) mass is 370 g/mol. The van der Waals surface area contributed by atoms with Crippen molar-refractivity contribution >= 4 is 21.6 Å². The molecule has 1 aliphatic rings. The zero-order valence-electron chi connectivity index (χ0n) is 14.9. The van der Waals surface area contributed by atoms with Gasteiger partial charge in [-0.15, -0.1) is 0 Å². The van der Waals surface area contributed by atoms with Crippen LogP contribution in [0, 0.1) is 12.8 Å². The molecule has 1 aliphatic heterocycles. The van der Waals surface area contributed by atoms with Gasteiger partial charge in [-0.05, 0) is 37.5 Å². The average molecular weight is 370 g/mol. The first-order chi connectivity index (χ1) is 11.8. The number of sulfonamides is 1. The third kappa shape index (κ3) is 5.69. The summed E-state index contributed by atoms with van der Waals surface area (Å²) in [5.41, 5.74) is 1.66. The van der Waals surface area contributed by atoms with Crippen LogP contribution in [0.25, 0.3) is 0 Å². The van der Waals surface area contributed by atoms with Crippen LogP contribution in [0.5, 0.6) is 5.75 Å². The molecule has 0 bridgehead atoms. The molecule has 1 N–H and O–H groups in total. The molecule has 0 aromatic heterocycles. The molecule has 140 valence electrons.